The van der Waals surface area contributed by atoms with E-state index in [1.54, 1.807) is 6.21 Å². The molecule has 0 saturated carbocycles. The molecule has 0 fully saturated rings. The molecule has 172 valence electrons. The number of pyridine rings is 1. The van der Waals surface area contributed by atoms with Crippen LogP contribution in [-0.4, -0.2) is 21.7 Å². The first-order valence-electron chi connectivity index (χ1n) is 11.6. The topological polar surface area (TPSA) is 59.3 Å². The molecule has 5 nitrogen and oxygen atoms in total. The van der Waals surface area contributed by atoms with Crippen molar-refractivity contribution in [2.24, 2.45) is 5.10 Å². The van der Waals surface area contributed by atoms with Crippen molar-refractivity contribution in [1.82, 2.24) is 15.0 Å². The lowest BCUT2D eigenvalue weighted by Gasteiger charge is -2.09. The van der Waals surface area contributed by atoms with E-state index in [4.69, 9.17) is 4.98 Å². The fraction of sp³-hybridized carbons (Fsp3) is 0.100. The SMILES string of the molecule is C=CCn1c(C)c(/C=N/NC(=O)c2cc(-c3ccccc3)nc3ccccc23)c2cc(C)ccc21. The number of aromatic nitrogens is 2. The van der Waals surface area contributed by atoms with E-state index in [2.05, 4.69) is 53.7 Å². The fourth-order valence-corrected chi connectivity index (χ4v) is 4.49. The number of rotatable bonds is 6. The van der Waals surface area contributed by atoms with E-state index in [0.29, 0.717) is 12.1 Å². The van der Waals surface area contributed by atoms with Gasteiger partial charge in [0.15, 0.2) is 0 Å². The summed E-state index contributed by atoms with van der Waals surface area (Å²) in [5.41, 5.74) is 10.1. The molecule has 5 heteroatoms. The molecule has 5 rings (SSSR count). The Morgan fingerprint density at radius 1 is 1.00 bits per heavy atom. The number of fused-ring (bicyclic) bond motifs is 2. The van der Waals surface area contributed by atoms with Crippen molar-refractivity contribution >= 4 is 33.9 Å². The number of allylic oxidation sites excluding steroid dienone is 1. The highest BCUT2D eigenvalue weighted by atomic mass is 16.2. The van der Waals surface area contributed by atoms with Crippen molar-refractivity contribution in [2.75, 3.05) is 0 Å². The molecule has 3 aromatic carbocycles. The van der Waals surface area contributed by atoms with Crippen LogP contribution in [0.5, 0.6) is 0 Å². The maximum atomic E-state index is 13.3. The van der Waals surface area contributed by atoms with Crippen LogP contribution in [0.4, 0.5) is 0 Å². The van der Waals surface area contributed by atoms with E-state index >= 15 is 0 Å². The number of benzene rings is 3. The third-order valence-electron chi connectivity index (χ3n) is 6.23. The van der Waals surface area contributed by atoms with Crippen LogP contribution in [0.3, 0.4) is 0 Å². The van der Waals surface area contributed by atoms with Gasteiger partial charge in [-0.05, 0) is 38.1 Å². The number of amides is 1. The van der Waals surface area contributed by atoms with E-state index in [1.165, 1.54) is 5.56 Å². The summed E-state index contributed by atoms with van der Waals surface area (Å²) in [7, 11) is 0. The molecule has 5 aromatic rings. The maximum Gasteiger partial charge on any atom is 0.272 e. The van der Waals surface area contributed by atoms with E-state index in [9.17, 15) is 4.79 Å². The van der Waals surface area contributed by atoms with Gasteiger partial charge in [-0.2, -0.15) is 5.10 Å². The third-order valence-corrected chi connectivity index (χ3v) is 6.23. The van der Waals surface area contributed by atoms with Crippen LogP contribution in [0.25, 0.3) is 33.1 Å². The lowest BCUT2D eigenvalue weighted by Crippen LogP contribution is -2.18. The van der Waals surface area contributed by atoms with Crippen LogP contribution in [0.15, 0.2) is 96.6 Å². The van der Waals surface area contributed by atoms with Gasteiger partial charge < -0.3 is 4.57 Å². The Balaban J connectivity index is 1.51. The Morgan fingerprint density at radius 2 is 1.77 bits per heavy atom. The van der Waals surface area contributed by atoms with Crippen molar-refractivity contribution in [3.8, 4) is 11.3 Å². The second-order valence-corrected chi connectivity index (χ2v) is 8.56. The van der Waals surface area contributed by atoms with Crippen LogP contribution in [-0.2, 0) is 6.54 Å². The quantitative estimate of drug-likeness (QED) is 0.181. The van der Waals surface area contributed by atoms with Crippen LogP contribution in [0.1, 0.15) is 27.2 Å². The molecule has 2 aromatic heterocycles. The number of nitrogens with one attached hydrogen (secondary N) is 1. The molecule has 1 amide bonds. The number of hydrazone groups is 1. The van der Waals surface area contributed by atoms with E-state index < -0.39 is 0 Å². The van der Waals surface area contributed by atoms with Gasteiger partial charge in [0, 0.05) is 39.7 Å². The van der Waals surface area contributed by atoms with Crippen LogP contribution >= 0.6 is 0 Å². The number of hydrogen-bond acceptors (Lipinski definition) is 3. The third kappa shape index (κ3) is 4.24. The average molecular weight is 459 g/mol. The minimum Gasteiger partial charge on any atom is -0.340 e. The fourth-order valence-electron chi connectivity index (χ4n) is 4.49. The van der Waals surface area contributed by atoms with E-state index in [1.807, 2.05) is 66.7 Å². The standard InChI is InChI=1S/C30H26N4O/c1-4-16-34-21(3)26(24-17-20(2)14-15-29(24)34)19-31-33-30(35)25-18-28(22-10-6-5-7-11-22)32-27-13-9-8-12-23(25)27/h4-15,17-19H,1,16H2,2-3H3,(H,33,35)/b31-19+. The zero-order valence-electron chi connectivity index (χ0n) is 19.8. The van der Waals surface area contributed by atoms with Gasteiger partial charge in [-0.25, -0.2) is 10.4 Å². The zero-order valence-corrected chi connectivity index (χ0v) is 19.8. The molecule has 0 aliphatic carbocycles. The largest absolute Gasteiger partial charge is 0.340 e. The molecule has 0 radical (unpaired) electrons. The summed E-state index contributed by atoms with van der Waals surface area (Å²) in [6, 6.07) is 25.7. The molecule has 0 aliphatic rings. The normalized spacial score (nSPS) is 11.4. The van der Waals surface area contributed by atoms with E-state index in [0.717, 1.165) is 44.3 Å². The Hall–Kier alpha value is -4.51. The van der Waals surface area contributed by atoms with Crippen molar-refractivity contribution in [3.63, 3.8) is 0 Å². The Kier molecular flexibility index (Phi) is 5.98. The Labute approximate surface area is 204 Å². The zero-order chi connectivity index (χ0) is 24.4. The second kappa shape index (κ2) is 9.39. The van der Waals surface area contributed by atoms with Crippen molar-refractivity contribution in [2.45, 2.75) is 20.4 Å². The molecule has 0 bridgehead atoms. The molecular formula is C30H26N4O. The number of carbonyl (C=O) groups is 1. The molecule has 1 N–H and O–H groups in total. The van der Waals surface area contributed by atoms with Gasteiger partial charge >= 0.3 is 0 Å². The summed E-state index contributed by atoms with van der Waals surface area (Å²) in [4.78, 5) is 18.0. The number of hydrogen-bond donors (Lipinski definition) is 1. The molecule has 0 saturated heterocycles. The summed E-state index contributed by atoms with van der Waals surface area (Å²) in [6.07, 6.45) is 3.62. The van der Waals surface area contributed by atoms with Gasteiger partial charge in [-0.15, -0.1) is 6.58 Å². The molecule has 2 heterocycles. The predicted octanol–water partition coefficient (Wildman–Crippen LogP) is 6.42. The smallest absolute Gasteiger partial charge is 0.272 e. The minimum atomic E-state index is -0.277. The lowest BCUT2D eigenvalue weighted by atomic mass is 10.0. The van der Waals surface area contributed by atoms with Gasteiger partial charge in [0.1, 0.15) is 0 Å². The minimum absolute atomic E-state index is 0.277. The van der Waals surface area contributed by atoms with Crippen LogP contribution < -0.4 is 5.43 Å². The summed E-state index contributed by atoms with van der Waals surface area (Å²) in [6.45, 7) is 8.72. The highest BCUT2D eigenvalue weighted by Crippen LogP contribution is 2.27. The van der Waals surface area contributed by atoms with Crippen molar-refractivity contribution in [3.05, 3.63) is 114 Å². The average Bonchev–Trinajstić information content (AvgIpc) is 3.14. The van der Waals surface area contributed by atoms with Crippen LogP contribution in [0, 0.1) is 13.8 Å². The number of aryl methyl sites for hydroxylation is 1. The molecular weight excluding hydrogens is 432 g/mol. The summed E-state index contributed by atoms with van der Waals surface area (Å²) >= 11 is 0. The molecule has 0 atom stereocenters. The second-order valence-electron chi connectivity index (χ2n) is 8.56. The van der Waals surface area contributed by atoms with Crippen molar-refractivity contribution in [1.29, 1.82) is 0 Å². The highest BCUT2D eigenvalue weighted by molar-refractivity contribution is 6.08. The van der Waals surface area contributed by atoms with Crippen molar-refractivity contribution < 1.29 is 4.79 Å². The van der Waals surface area contributed by atoms with Gasteiger partial charge in [-0.1, -0.05) is 66.2 Å². The molecule has 0 spiro atoms. The summed E-state index contributed by atoms with van der Waals surface area (Å²) in [5, 5.41) is 6.24. The van der Waals surface area contributed by atoms with Gasteiger partial charge in [0.05, 0.1) is 23.0 Å². The van der Waals surface area contributed by atoms with Gasteiger partial charge in [0.2, 0.25) is 0 Å². The summed E-state index contributed by atoms with van der Waals surface area (Å²) in [5.74, 6) is -0.277. The lowest BCUT2D eigenvalue weighted by molar-refractivity contribution is 0.0956. The maximum absolute atomic E-state index is 13.3. The van der Waals surface area contributed by atoms with Gasteiger partial charge in [0.25, 0.3) is 5.91 Å². The highest BCUT2D eigenvalue weighted by Gasteiger charge is 2.15. The molecule has 0 unspecified atom stereocenters. The molecule has 0 aliphatic heterocycles. The predicted molar refractivity (Wildman–Crippen MR) is 144 cm³/mol. The Bertz CT molecular complexity index is 1600. The monoisotopic (exact) mass is 458 g/mol. The summed E-state index contributed by atoms with van der Waals surface area (Å²) < 4.78 is 2.20. The Morgan fingerprint density at radius 3 is 2.57 bits per heavy atom. The van der Waals surface area contributed by atoms with Crippen LogP contribution in [0.2, 0.25) is 0 Å². The number of carbonyl (C=O) groups excluding carboxylic acids is 1. The van der Waals surface area contributed by atoms with Gasteiger partial charge in [-0.3, -0.25) is 4.79 Å². The first-order valence-corrected chi connectivity index (χ1v) is 11.6. The number of para-hydroxylation sites is 1. The first-order chi connectivity index (χ1) is 17.1. The first kappa shape index (κ1) is 22.3. The molecule has 35 heavy (non-hydrogen) atoms. The van der Waals surface area contributed by atoms with E-state index in [-0.39, 0.29) is 5.91 Å². The number of nitrogens with zero attached hydrogens (tertiary/aromatic N) is 3.